The van der Waals surface area contributed by atoms with Crippen molar-refractivity contribution in [1.82, 2.24) is 9.80 Å². The number of hydrogen-bond acceptors (Lipinski definition) is 3. The van der Waals surface area contributed by atoms with E-state index >= 15 is 0 Å². The first kappa shape index (κ1) is 20.9. The van der Waals surface area contributed by atoms with Gasteiger partial charge in [0.25, 0.3) is 0 Å². The number of nitrogens with zero attached hydrogens (tertiary/aromatic N) is 2. The molecule has 0 radical (unpaired) electrons. The van der Waals surface area contributed by atoms with Crippen LogP contribution in [0.3, 0.4) is 0 Å². The third-order valence-electron chi connectivity index (χ3n) is 6.05. The van der Waals surface area contributed by atoms with E-state index in [2.05, 4.69) is 0 Å². The van der Waals surface area contributed by atoms with Crippen molar-refractivity contribution in [2.45, 2.75) is 103 Å². The molecule has 2 amide bonds. The molecule has 2 aliphatic carbocycles. The van der Waals surface area contributed by atoms with Gasteiger partial charge in [-0.3, -0.25) is 14.4 Å². The van der Waals surface area contributed by atoms with Crippen molar-refractivity contribution < 1.29 is 14.4 Å². The fourth-order valence-corrected chi connectivity index (χ4v) is 4.66. The van der Waals surface area contributed by atoms with Crippen molar-refractivity contribution >= 4 is 17.6 Å². The summed E-state index contributed by atoms with van der Waals surface area (Å²) >= 11 is 0. The van der Waals surface area contributed by atoms with E-state index in [4.69, 9.17) is 0 Å². The van der Waals surface area contributed by atoms with Crippen LogP contribution in [0.5, 0.6) is 0 Å². The van der Waals surface area contributed by atoms with Crippen molar-refractivity contribution in [1.29, 1.82) is 0 Å². The second kappa shape index (κ2) is 10.7. The lowest BCUT2D eigenvalue weighted by Gasteiger charge is -2.34. The molecule has 26 heavy (non-hydrogen) atoms. The van der Waals surface area contributed by atoms with Crippen LogP contribution in [-0.4, -0.2) is 52.6 Å². The molecule has 2 rings (SSSR count). The minimum Gasteiger partial charge on any atom is -0.340 e. The van der Waals surface area contributed by atoms with Crippen molar-refractivity contribution in [3.05, 3.63) is 0 Å². The highest BCUT2D eigenvalue weighted by Crippen LogP contribution is 2.24. The van der Waals surface area contributed by atoms with Crippen LogP contribution in [0.15, 0.2) is 0 Å². The molecule has 0 saturated heterocycles. The van der Waals surface area contributed by atoms with Crippen LogP contribution in [0.25, 0.3) is 0 Å². The molecule has 2 saturated carbocycles. The quantitative estimate of drug-likeness (QED) is 0.617. The van der Waals surface area contributed by atoms with Gasteiger partial charge in [0.1, 0.15) is 0 Å². The lowest BCUT2D eigenvalue weighted by atomic mass is 9.93. The highest BCUT2D eigenvalue weighted by molar-refractivity contribution is 6.06. The molecule has 2 fully saturated rings. The van der Waals surface area contributed by atoms with Crippen LogP contribution in [0.1, 0.15) is 90.9 Å². The fraction of sp³-hybridized carbons (Fsp3) is 0.857. The van der Waals surface area contributed by atoms with E-state index in [1.807, 2.05) is 23.6 Å². The second-order valence-corrected chi connectivity index (χ2v) is 7.84. The molecule has 2 aliphatic rings. The summed E-state index contributed by atoms with van der Waals surface area (Å²) in [4.78, 5) is 41.3. The van der Waals surface area contributed by atoms with E-state index < -0.39 is 0 Å². The Morgan fingerprint density at radius 1 is 0.654 bits per heavy atom. The third-order valence-corrected chi connectivity index (χ3v) is 6.05. The number of amides is 2. The van der Waals surface area contributed by atoms with Gasteiger partial charge >= 0.3 is 0 Å². The standard InChI is InChI=1S/C21H36N2O3/c1-3-22(17-11-7-5-8-12-17)20(25)15-19(24)16-21(26)23(4-2)18-13-9-6-10-14-18/h17-18H,3-16H2,1-2H3. The van der Waals surface area contributed by atoms with Gasteiger partial charge in [0.2, 0.25) is 11.8 Å². The second-order valence-electron chi connectivity index (χ2n) is 7.84. The summed E-state index contributed by atoms with van der Waals surface area (Å²) in [7, 11) is 0. The number of carbonyl (C=O) groups is 3. The molecule has 5 heteroatoms. The van der Waals surface area contributed by atoms with Gasteiger partial charge in [-0.15, -0.1) is 0 Å². The van der Waals surface area contributed by atoms with Gasteiger partial charge < -0.3 is 9.80 Å². The Morgan fingerprint density at radius 3 is 1.31 bits per heavy atom. The minimum atomic E-state index is -0.233. The number of hydrogen-bond donors (Lipinski definition) is 0. The van der Waals surface area contributed by atoms with E-state index in [9.17, 15) is 14.4 Å². The van der Waals surface area contributed by atoms with Crippen LogP contribution >= 0.6 is 0 Å². The van der Waals surface area contributed by atoms with Crippen molar-refractivity contribution in [3.63, 3.8) is 0 Å². The fourth-order valence-electron chi connectivity index (χ4n) is 4.66. The largest absolute Gasteiger partial charge is 0.340 e. The van der Waals surface area contributed by atoms with E-state index in [1.54, 1.807) is 0 Å². The third kappa shape index (κ3) is 5.82. The summed E-state index contributed by atoms with van der Waals surface area (Å²) in [5.41, 5.74) is 0. The van der Waals surface area contributed by atoms with Gasteiger partial charge in [-0.1, -0.05) is 38.5 Å². The summed E-state index contributed by atoms with van der Waals surface area (Å²) in [6, 6.07) is 0.554. The Hall–Kier alpha value is -1.39. The summed E-state index contributed by atoms with van der Waals surface area (Å²) in [6.07, 6.45) is 11.0. The van der Waals surface area contributed by atoms with E-state index in [1.165, 1.54) is 12.8 Å². The average molecular weight is 365 g/mol. The topological polar surface area (TPSA) is 57.7 Å². The highest BCUT2D eigenvalue weighted by atomic mass is 16.2. The Kier molecular flexibility index (Phi) is 8.60. The molecule has 0 aromatic rings. The van der Waals surface area contributed by atoms with E-state index in [0.717, 1.165) is 51.4 Å². The Morgan fingerprint density at radius 2 is 1.00 bits per heavy atom. The number of Topliss-reactive ketones (excluding diaryl/α,β-unsaturated/α-hetero) is 1. The summed E-state index contributed by atoms with van der Waals surface area (Å²) in [5.74, 6) is -0.431. The lowest BCUT2D eigenvalue weighted by molar-refractivity contribution is -0.140. The van der Waals surface area contributed by atoms with Gasteiger partial charge in [-0.25, -0.2) is 0 Å². The molecule has 0 atom stereocenters. The number of carbonyl (C=O) groups excluding carboxylic acids is 3. The predicted molar refractivity (Wildman–Crippen MR) is 103 cm³/mol. The monoisotopic (exact) mass is 364 g/mol. The molecule has 0 bridgehead atoms. The van der Waals surface area contributed by atoms with Gasteiger partial charge in [-0.05, 0) is 39.5 Å². The van der Waals surface area contributed by atoms with E-state index in [-0.39, 0.29) is 42.5 Å². The molecular formula is C21H36N2O3. The maximum atomic E-state index is 12.6. The van der Waals surface area contributed by atoms with Gasteiger partial charge in [0.15, 0.2) is 5.78 Å². The van der Waals surface area contributed by atoms with Crippen molar-refractivity contribution in [3.8, 4) is 0 Å². The minimum absolute atomic E-state index is 0.0992. The molecule has 0 unspecified atom stereocenters. The van der Waals surface area contributed by atoms with Crippen LogP contribution in [0, 0.1) is 0 Å². The zero-order valence-electron chi connectivity index (χ0n) is 16.7. The Labute approximate surface area is 158 Å². The molecule has 0 aromatic carbocycles. The number of ketones is 1. The van der Waals surface area contributed by atoms with Crippen molar-refractivity contribution in [2.24, 2.45) is 0 Å². The SMILES string of the molecule is CCN(C(=O)CC(=O)CC(=O)N(CC)C1CCCCC1)C1CCCCC1. The van der Waals surface area contributed by atoms with Crippen LogP contribution in [0.4, 0.5) is 0 Å². The van der Waals surface area contributed by atoms with Gasteiger partial charge in [-0.2, -0.15) is 0 Å². The van der Waals surface area contributed by atoms with Crippen LogP contribution in [0.2, 0.25) is 0 Å². The van der Waals surface area contributed by atoms with Crippen LogP contribution in [-0.2, 0) is 14.4 Å². The maximum absolute atomic E-state index is 12.6. The molecule has 5 nitrogen and oxygen atoms in total. The molecular weight excluding hydrogens is 328 g/mol. The van der Waals surface area contributed by atoms with Crippen molar-refractivity contribution in [2.75, 3.05) is 13.1 Å². The molecule has 0 aliphatic heterocycles. The first-order valence-corrected chi connectivity index (χ1v) is 10.7. The average Bonchev–Trinajstić information content (AvgIpc) is 2.64. The van der Waals surface area contributed by atoms with E-state index in [0.29, 0.717) is 13.1 Å². The Bertz CT molecular complexity index is 438. The lowest BCUT2D eigenvalue weighted by Crippen LogP contribution is -2.44. The maximum Gasteiger partial charge on any atom is 0.230 e. The molecule has 0 aromatic heterocycles. The first-order chi connectivity index (χ1) is 12.6. The summed E-state index contributed by atoms with van der Waals surface area (Å²) < 4.78 is 0. The first-order valence-electron chi connectivity index (χ1n) is 10.7. The summed E-state index contributed by atoms with van der Waals surface area (Å²) in [6.45, 7) is 5.25. The van der Waals surface area contributed by atoms with Gasteiger partial charge in [0.05, 0.1) is 12.8 Å². The zero-order valence-corrected chi connectivity index (χ0v) is 16.7. The molecule has 0 N–H and O–H groups in total. The molecule has 0 spiro atoms. The number of rotatable bonds is 8. The van der Waals surface area contributed by atoms with Crippen LogP contribution < -0.4 is 0 Å². The highest BCUT2D eigenvalue weighted by Gasteiger charge is 2.28. The molecule has 148 valence electrons. The van der Waals surface area contributed by atoms with Gasteiger partial charge in [0, 0.05) is 25.2 Å². The smallest absolute Gasteiger partial charge is 0.230 e. The molecule has 0 heterocycles. The normalized spacial score (nSPS) is 19.2. The predicted octanol–water partition coefficient (Wildman–Crippen LogP) is 3.70. The summed E-state index contributed by atoms with van der Waals surface area (Å²) in [5, 5.41) is 0. The Balaban J connectivity index is 1.85. The zero-order chi connectivity index (χ0) is 18.9.